The van der Waals surface area contributed by atoms with Crippen LogP contribution in [0.15, 0.2) is 23.4 Å². The maximum absolute atomic E-state index is 5.39. The van der Waals surface area contributed by atoms with E-state index in [0.29, 0.717) is 0 Å². The van der Waals surface area contributed by atoms with Crippen LogP contribution in [0.4, 0.5) is 0 Å². The van der Waals surface area contributed by atoms with E-state index in [-0.39, 0.29) is 5.11 Å². The second kappa shape index (κ2) is 7.42. The third-order valence-electron chi connectivity index (χ3n) is 3.03. The van der Waals surface area contributed by atoms with E-state index in [0.717, 1.165) is 45.4 Å². The van der Waals surface area contributed by atoms with Gasteiger partial charge in [-0.1, -0.05) is 13.3 Å². The van der Waals surface area contributed by atoms with Gasteiger partial charge in [0.15, 0.2) is 5.11 Å². The van der Waals surface area contributed by atoms with Crippen LogP contribution in [0, 0.1) is 6.92 Å². The fourth-order valence-electron chi connectivity index (χ4n) is 2.05. The summed E-state index contributed by atoms with van der Waals surface area (Å²) in [5.74, 6) is 0. The minimum Gasteiger partial charge on any atom is -0.375 e. The smallest absolute Gasteiger partial charge is 0.184 e. The van der Waals surface area contributed by atoms with Crippen LogP contribution < -0.4 is 11.2 Å². The van der Waals surface area contributed by atoms with Gasteiger partial charge in [-0.25, -0.2) is 4.98 Å². The molecule has 0 saturated carbocycles. The molecule has 0 aromatic carbocycles. The molecule has 0 saturated heterocycles. The molecular formula is C15H19N5S2. The molecule has 3 N–H and O–H groups in total. The van der Waals surface area contributed by atoms with Crippen molar-refractivity contribution in [2.45, 2.75) is 33.6 Å². The summed E-state index contributed by atoms with van der Waals surface area (Å²) in [6.07, 6.45) is 3.89. The zero-order valence-corrected chi connectivity index (χ0v) is 14.5. The Kier molecular flexibility index (Phi) is 5.57. The highest BCUT2D eigenvalue weighted by Crippen LogP contribution is 2.28. The van der Waals surface area contributed by atoms with Gasteiger partial charge in [-0.3, -0.25) is 10.4 Å². The van der Waals surface area contributed by atoms with Crippen molar-refractivity contribution >= 4 is 34.4 Å². The Morgan fingerprint density at radius 1 is 1.50 bits per heavy atom. The van der Waals surface area contributed by atoms with E-state index in [9.17, 15) is 0 Å². The molecule has 2 rings (SSSR count). The van der Waals surface area contributed by atoms with E-state index >= 15 is 0 Å². The van der Waals surface area contributed by atoms with Crippen molar-refractivity contribution in [3.63, 3.8) is 0 Å². The van der Waals surface area contributed by atoms with Gasteiger partial charge in [0, 0.05) is 17.5 Å². The molecule has 0 radical (unpaired) electrons. The normalized spacial score (nSPS) is 11.5. The number of thiazole rings is 1. The van der Waals surface area contributed by atoms with Crippen LogP contribution in [0.2, 0.25) is 0 Å². The van der Waals surface area contributed by atoms with Crippen molar-refractivity contribution in [3.05, 3.63) is 34.6 Å². The molecule has 0 aliphatic carbocycles. The Balaban J connectivity index is 2.31. The first-order valence-electron chi connectivity index (χ1n) is 7.04. The predicted molar refractivity (Wildman–Crippen MR) is 96.2 cm³/mol. The first-order valence-corrected chi connectivity index (χ1v) is 8.26. The van der Waals surface area contributed by atoms with Crippen LogP contribution in [0.25, 0.3) is 10.6 Å². The molecule has 0 spiro atoms. The van der Waals surface area contributed by atoms with E-state index in [1.165, 1.54) is 0 Å². The monoisotopic (exact) mass is 333 g/mol. The van der Waals surface area contributed by atoms with Gasteiger partial charge in [-0.15, -0.1) is 11.3 Å². The second-order valence-corrected chi connectivity index (χ2v) is 6.33. The molecule has 0 bridgehead atoms. The Labute approximate surface area is 139 Å². The van der Waals surface area contributed by atoms with Crippen molar-refractivity contribution in [2.24, 2.45) is 10.8 Å². The number of thiocarbonyl (C=S) groups is 1. The van der Waals surface area contributed by atoms with E-state index in [2.05, 4.69) is 33.5 Å². The molecule has 7 heteroatoms. The van der Waals surface area contributed by atoms with Gasteiger partial charge >= 0.3 is 0 Å². The summed E-state index contributed by atoms with van der Waals surface area (Å²) in [6, 6.07) is 4.09. The van der Waals surface area contributed by atoms with Crippen LogP contribution >= 0.6 is 23.6 Å². The Bertz CT molecular complexity index is 706. The fraction of sp³-hybridized carbons (Fsp3) is 0.333. The van der Waals surface area contributed by atoms with Crippen molar-refractivity contribution in [3.8, 4) is 10.6 Å². The Morgan fingerprint density at radius 3 is 2.95 bits per heavy atom. The van der Waals surface area contributed by atoms with Crippen LogP contribution in [0.1, 0.15) is 36.5 Å². The SMILES string of the molecule is CCCc1cc(-c2nc(C)c(/C(C)=N\NC(N)=S)s2)ccn1. The molecule has 0 aliphatic heterocycles. The van der Waals surface area contributed by atoms with Crippen molar-refractivity contribution in [1.82, 2.24) is 15.4 Å². The van der Waals surface area contributed by atoms with Crippen molar-refractivity contribution in [1.29, 1.82) is 0 Å². The minimum atomic E-state index is 0.153. The summed E-state index contributed by atoms with van der Waals surface area (Å²) in [5, 5.41) is 5.29. The second-order valence-electron chi connectivity index (χ2n) is 4.89. The first-order chi connectivity index (χ1) is 10.5. The summed E-state index contributed by atoms with van der Waals surface area (Å²) >= 11 is 6.36. The molecule has 22 heavy (non-hydrogen) atoms. The van der Waals surface area contributed by atoms with Gasteiger partial charge in [-0.2, -0.15) is 5.10 Å². The van der Waals surface area contributed by atoms with Gasteiger partial charge in [0.25, 0.3) is 0 Å². The minimum absolute atomic E-state index is 0.153. The third kappa shape index (κ3) is 4.08. The number of hydrogen-bond donors (Lipinski definition) is 2. The summed E-state index contributed by atoms with van der Waals surface area (Å²) < 4.78 is 0. The number of aryl methyl sites for hydroxylation is 2. The van der Waals surface area contributed by atoms with Gasteiger partial charge < -0.3 is 5.73 Å². The number of hydrogen-bond acceptors (Lipinski definition) is 5. The summed E-state index contributed by atoms with van der Waals surface area (Å²) in [4.78, 5) is 10.1. The molecule has 0 unspecified atom stereocenters. The zero-order valence-electron chi connectivity index (χ0n) is 12.9. The lowest BCUT2D eigenvalue weighted by Crippen LogP contribution is -2.25. The average molecular weight is 333 g/mol. The highest BCUT2D eigenvalue weighted by Gasteiger charge is 2.12. The maximum Gasteiger partial charge on any atom is 0.184 e. The Hall–Kier alpha value is -1.86. The molecule has 2 aromatic heterocycles. The first kappa shape index (κ1) is 16.5. The maximum atomic E-state index is 5.39. The molecule has 0 atom stereocenters. The predicted octanol–water partition coefficient (Wildman–Crippen LogP) is 3.02. The number of aromatic nitrogens is 2. The number of nitrogens with one attached hydrogen (secondary N) is 1. The largest absolute Gasteiger partial charge is 0.375 e. The summed E-state index contributed by atoms with van der Waals surface area (Å²) in [6.45, 7) is 6.03. The third-order valence-corrected chi connectivity index (χ3v) is 4.44. The highest BCUT2D eigenvalue weighted by molar-refractivity contribution is 7.80. The molecule has 2 heterocycles. The van der Waals surface area contributed by atoms with Crippen molar-refractivity contribution in [2.75, 3.05) is 0 Å². The topological polar surface area (TPSA) is 76.2 Å². The zero-order chi connectivity index (χ0) is 16.1. The molecule has 0 amide bonds. The highest BCUT2D eigenvalue weighted by atomic mass is 32.1. The van der Waals surface area contributed by atoms with Gasteiger partial charge in [0.05, 0.1) is 16.3 Å². The van der Waals surface area contributed by atoms with Crippen molar-refractivity contribution < 1.29 is 0 Å². The van der Waals surface area contributed by atoms with Crippen LogP contribution in [-0.4, -0.2) is 20.8 Å². The van der Waals surface area contributed by atoms with E-state index in [1.807, 2.05) is 26.1 Å². The number of rotatable bonds is 5. The average Bonchev–Trinajstić information content (AvgIpc) is 2.87. The number of nitrogens with zero attached hydrogens (tertiary/aromatic N) is 3. The van der Waals surface area contributed by atoms with Crippen LogP contribution in [0.5, 0.6) is 0 Å². The molecule has 116 valence electrons. The molecule has 0 fully saturated rings. The Morgan fingerprint density at radius 2 is 2.27 bits per heavy atom. The van der Waals surface area contributed by atoms with Gasteiger partial charge in [0.1, 0.15) is 5.01 Å². The summed E-state index contributed by atoms with van der Waals surface area (Å²) in [5.41, 5.74) is 11.9. The van der Waals surface area contributed by atoms with Gasteiger partial charge in [-0.05, 0) is 44.6 Å². The van der Waals surface area contributed by atoms with E-state index < -0.39 is 0 Å². The van der Waals surface area contributed by atoms with E-state index in [1.54, 1.807) is 11.3 Å². The molecule has 5 nitrogen and oxygen atoms in total. The molecular weight excluding hydrogens is 314 g/mol. The van der Waals surface area contributed by atoms with Gasteiger partial charge in [0.2, 0.25) is 0 Å². The molecule has 0 aliphatic rings. The quantitative estimate of drug-likeness (QED) is 0.500. The lowest BCUT2D eigenvalue weighted by molar-refractivity contribution is 0.883. The standard InChI is InChI=1S/C15H19N5S2/c1-4-5-12-8-11(6-7-17-12)14-18-9(2)13(22-14)10(3)19-20-15(16)21/h6-8H,4-5H2,1-3H3,(H3,16,20,21)/b19-10-. The van der Waals surface area contributed by atoms with E-state index in [4.69, 9.17) is 18.0 Å². The van der Waals surface area contributed by atoms with Crippen LogP contribution in [0.3, 0.4) is 0 Å². The number of pyridine rings is 1. The lowest BCUT2D eigenvalue weighted by atomic mass is 10.2. The number of nitrogens with two attached hydrogens (primary N) is 1. The van der Waals surface area contributed by atoms with Crippen LogP contribution in [-0.2, 0) is 6.42 Å². The summed E-state index contributed by atoms with van der Waals surface area (Å²) in [7, 11) is 0. The lowest BCUT2D eigenvalue weighted by Gasteiger charge is -2.00. The molecule has 2 aromatic rings. The fourth-order valence-corrected chi connectivity index (χ4v) is 3.10. The number of hydrazone groups is 1.